The number of nitrogens with zero attached hydrogens (tertiary/aromatic N) is 1. The van der Waals surface area contributed by atoms with Gasteiger partial charge in [-0.2, -0.15) is 0 Å². The van der Waals surface area contributed by atoms with Crippen LogP contribution in [0.2, 0.25) is 0 Å². The molecule has 0 saturated carbocycles. The van der Waals surface area contributed by atoms with Gasteiger partial charge in [0.1, 0.15) is 4.88 Å². The molecule has 1 aromatic heterocycles. The predicted molar refractivity (Wildman–Crippen MR) is 84.8 cm³/mol. The summed E-state index contributed by atoms with van der Waals surface area (Å²) in [4.78, 5) is 17.6. The normalized spacial score (nSPS) is 14.2. The Morgan fingerprint density at radius 2 is 2.19 bits per heavy atom. The number of hydrogen-bond donors (Lipinski definition) is 2. The van der Waals surface area contributed by atoms with E-state index in [1.165, 1.54) is 11.3 Å². The molecule has 1 rings (SSSR count). The Morgan fingerprint density at radius 1 is 1.52 bits per heavy atom. The van der Waals surface area contributed by atoms with E-state index in [9.17, 15) is 4.79 Å². The molecule has 0 aromatic carbocycles. The van der Waals surface area contributed by atoms with Crippen molar-refractivity contribution in [2.24, 2.45) is 5.92 Å². The van der Waals surface area contributed by atoms with E-state index in [4.69, 9.17) is 9.84 Å². The van der Waals surface area contributed by atoms with Crippen molar-refractivity contribution < 1.29 is 14.6 Å². The second-order valence-electron chi connectivity index (χ2n) is 6.04. The number of amides is 1. The number of rotatable bonds is 8. The average Bonchev–Trinajstić information content (AvgIpc) is 2.69. The molecule has 0 radical (unpaired) electrons. The van der Waals surface area contributed by atoms with Gasteiger partial charge < -0.3 is 15.2 Å². The first kappa shape index (κ1) is 18.1. The molecule has 0 fully saturated rings. The quantitative estimate of drug-likeness (QED) is 0.771. The first-order chi connectivity index (χ1) is 9.81. The van der Waals surface area contributed by atoms with E-state index < -0.39 is 5.54 Å². The van der Waals surface area contributed by atoms with Crippen molar-refractivity contribution in [3.8, 4) is 0 Å². The molecule has 1 unspecified atom stereocenters. The number of aromatic nitrogens is 1. The number of aliphatic hydroxyl groups is 1. The number of carbonyl (C=O) groups excluding carboxylic acids is 1. The average molecular weight is 314 g/mol. The molecule has 0 aliphatic rings. The van der Waals surface area contributed by atoms with Crippen molar-refractivity contribution in [3.63, 3.8) is 0 Å². The number of ether oxygens (including phenoxy) is 1. The number of hydrogen-bond acceptors (Lipinski definition) is 5. The Morgan fingerprint density at radius 3 is 2.71 bits per heavy atom. The van der Waals surface area contributed by atoms with E-state index in [0.29, 0.717) is 23.8 Å². The molecule has 21 heavy (non-hydrogen) atoms. The molecule has 1 amide bonds. The fourth-order valence-electron chi connectivity index (χ4n) is 2.17. The number of nitrogens with one attached hydrogen (secondary N) is 1. The summed E-state index contributed by atoms with van der Waals surface area (Å²) >= 11 is 1.45. The third-order valence-corrected chi connectivity index (χ3v) is 4.35. The van der Waals surface area contributed by atoms with Crippen LogP contribution in [0.3, 0.4) is 0 Å². The summed E-state index contributed by atoms with van der Waals surface area (Å²) in [6.07, 6.45) is 1.33. The van der Waals surface area contributed by atoms with Crippen LogP contribution in [0.5, 0.6) is 0 Å². The molecule has 5 nitrogen and oxygen atoms in total. The zero-order chi connectivity index (χ0) is 16.0. The second-order valence-corrected chi connectivity index (χ2v) is 7.13. The summed E-state index contributed by atoms with van der Waals surface area (Å²) in [5.74, 6) is 0.368. The van der Waals surface area contributed by atoms with Crippen LogP contribution in [0.1, 0.15) is 47.6 Å². The SMILES string of the molecule is COCC(C)(CCO)NC(=O)c1sc(CC(C)C)nc1C. The minimum absolute atomic E-state index is 0.000409. The first-order valence-electron chi connectivity index (χ1n) is 7.20. The molecule has 1 atom stereocenters. The zero-order valence-electron chi connectivity index (χ0n) is 13.5. The molecule has 1 heterocycles. The number of aryl methyl sites for hydroxylation is 1. The maximum Gasteiger partial charge on any atom is 0.263 e. The van der Waals surface area contributed by atoms with Crippen LogP contribution in [0.25, 0.3) is 0 Å². The maximum atomic E-state index is 12.5. The molecule has 0 bridgehead atoms. The highest BCUT2D eigenvalue weighted by atomic mass is 32.1. The number of aliphatic hydroxyl groups excluding tert-OH is 1. The van der Waals surface area contributed by atoms with E-state index >= 15 is 0 Å². The minimum atomic E-state index is -0.574. The van der Waals surface area contributed by atoms with Crippen LogP contribution < -0.4 is 5.32 Å². The summed E-state index contributed by atoms with van der Waals surface area (Å²) in [6, 6.07) is 0. The Bertz CT molecular complexity index is 465. The lowest BCUT2D eigenvalue weighted by atomic mass is 9.99. The molecular weight excluding hydrogens is 288 g/mol. The van der Waals surface area contributed by atoms with Crippen LogP contribution in [-0.4, -0.2) is 41.9 Å². The molecule has 0 saturated heterocycles. The topological polar surface area (TPSA) is 71.5 Å². The lowest BCUT2D eigenvalue weighted by Gasteiger charge is -2.29. The summed E-state index contributed by atoms with van der Waals surface area (Å²) in [5.41, 5.74) is 0.187. The van der Waals surface area contributed by atoms with E-state index in [1.54, 1.807) is 7.11 Å². The molecule has 120 valence electrons. The van der Waals surface area contributed by atoms with E-state index in [2.05, 4.69) is 24.1 Å². The van der Waals surface area contributed by atoms with Gasteiger partial charge >= 0.3 is 0 Å². The second kappa shape index (κ2) is 7.87. The Hall–Kier alpha value is -0.980. The Labute approximate surface area is 130 Å². The van der Waals surface area contributed by atoms with Crippen molar-refractivity contribution in [2.45, 2.75) is 46.1 Å². The van der Waals surface area contributed by atoms with Crippen LogP contribution in [0.4, 0.5) is 0 Å². The van der Waals surface area contributed by atoms with E-state index in [1.807, 2.05) is 13.8 Å². The lowest BCUT2D eigenvalue weighted by Crippen LogP contribution is -2.50. The number of thiazole rings is 1. The molecule has 6 heteroatoms. The summed E-state index contributed by atoms with van der Waals surface area (Å²) < 4.78 is 5.15. The monoisotopic (exact) mass is 314 g/mol. The summed E-state index contributed by atoms with van der Waals surface area (Å²) in [7, 11) is 1.58. The van der Waals surface area contributed by atoms with Crippen LogP contribution in [-0.2, 0) is 11.2 Å². The number of carbonyl (C=O) groups is 1. The third-order valence-electron chi connectivity index (χ3n) is 3.17. The highest BCUT2D eigenvalue weighted by Crippen LogP contribution is 2.22. The van der Waals surface area contributed by atoms with Gasteiger partial charge in [0, 0.05) is 20.1 Å². The van der Waals surface area contributed by atoms with Crippen LogP contribution in [0, 0.1) is 12.8 Å². The van der Waals surface area contributed by atoms with Gasteiger partial charge in [-0.3, -0.25) is 4.79 Å². The van der Waals surface area contributed by atoms with Crippen molar-refractivity contribution in [1.29, 1.82) is 0 Å². The van der Waals surface area contributed by atoms with E-state index in [0.717, 1.165) is 17.1 Å². The molecule has 0 spiro atoms. The van der Waals surface area contributed by atoms with Crippen LogP contribution in [0.15, 0.2) is 0 Å². The largest absolute Gasteiger partial charge is 0.396 e. The molecule has 0 aliphatic carbocycles. The fraction of sp³-hybridized carbons (Fsp3) is 0.733. The van der Waals surface area contributed by atoms with E-state index in [-0.39, 0.29) is 12.5 Å². The van der Waals surface area contributed by atoms with Gasteiger partial charge in [-0.25, -0.2) is 4.98 Å². The van der Waals surface area contributed by atoms with Crippen molar-refractivity contribution >= 4 is 17.2 Å². The van der Waals surface area contributed by atoms with Gasteiger partial charge in [0.25, 0.3) is 5.91 Å². The highest BCUT2D eigenvalue weighted by Gasteiger charge is 2.28. The van der Waals surface area contributed by atoms with Crippen molar-refractivity contribution in [1.82, 2.24) is 10.3 Å². The smallest absolute Gasteiger partial charge is 0.263 e. The molecule has 1 aromatic rings. The Balaban J connectivity index is 2.85. The van der Waals surface area contributed by atoms with Gasteiger partial charge in [0.05, 0.1) is 22.8 Å². The maximum absolute atomic E-state index is 12.5. The molecule has 0 aliphatic heterocycles. The molecular formula is C15H26N2O3S. The van der Waals surface area contributed by atoms with Crippen LogP contribution >= 0.6 is 11.3 Å². The standard InChI is InChI=1S/C15H26N2O3S/c1-10(2)8-12-16-11(3)13(21-12)14(19)17-15(4,6-7-18)9-20-5/h10,18H,6-9H2,1-5H3,(H,17,19). The molecule has 2 N–H and O–H groups in total. The van der Waals surface area contributed by atoms with Gasteiger partial charge in [-0.05, 0) is 26.2 Å². The predicted octanol–water partition coefficient (Wildman–Crippen LogP) is 2.17. The fourth-order valence-corrected chi connectivity index (χ4v) is 3.34. The third kappa shape index (κ3) is 5.37. The van der Waals surface area contributed by atoms with Gasteiger partial charge in [0.2, 0.25) is 0 Å². The lowest BCUT2D eigenvalue weighted by molar-refractivity contribution is 0.0728. The Kier molecular flexibility index (Phi) is 6.77. The van der Waals surface area contributed by atoms with Gasteiger partial charge in [0.15, 0.2) is 0 Å². The first-order valence-corrected chi connectivity index (χ1v) is 8.01. The minimum Gasteiger partial charge on any atom is -0.396 e. The highest BCUT2D eigenvalue weighted by molar-refractivity contribution is 7.13. The van der Waals surface area contributed by atoms with Gasteiger partial charge in [-0.1, -0.05) is 13.8 Å². The number of methoxy groups -OCH3 is 1. The van der Waals surface area contributed by atoms with Crippen molar-refractivity contribution in [2.75, 3.05) is 20.3 Å². The summed E-state index contributed by atoms with van der Waals surface area (Å²) in [5, 5.41) is 13.1. The summed E-state index contributed by atoms with van der Waals surface area (Å²) in [6.45, 7) is 8.35. The van der Waals surface area contributed by atoms with Crippen molar-refractivity contribution in [3.05, 3.63) is 15.6 Å². The zero-order valence-corrected chi connectivity index (χ0v) is 14.3. The van der Waals surface area contributed by atoms with Gasteiger partial charge in [-0.15, -0.1) is 11.3 Å².